The van der Waals surface area contributed by atoms with Gasteiger partial charge in [-0.05, 0) is 104 Å². The maximum atomic E-state index is 13.3. The van der Waals surface area contributed by atoms with E-state index in [1.165, 1.54) is 11.1 Å². The first-order chi connectivity index (χ1) is 21.8. The Balaban J connectivity index is 1.13. The molecule has 258 valence electrons. The van der Waals surface area contributed by atoms with Gasteiger partial charge < -0.3 is 19.1 Å². The van der Waals surface area contributed by atoms with Crippen LogP contribution in [0.25, 0.3) is 0 Å². The number of amides is 1. The summed E-state index contributed by atoms with van der Waals surface area (Å²) < 4.78 is 94.2. The normalized spacial score (nSPS) is 34.5. The molecule has 1 aromatic rings. The Kier molecular flexibility index (Phi) is 9.82. The lowest BCUT2D eigenvalue weighted by atomic mass is 9.52. The summed E-state index contributed by atoms with van der Waals surface area (Å²) in [7, 11) is 0.329. The standard InChI is InChI=1S/C34H46F5NO5S/c1-32-12-10-27-26-7-6-25(45-31(41)40-17-23-19-44-20-24(23)18-40)16-22(26)15-21(30(27)28(32)8-9-29(32)43-2)5-3-13-46(42)14-4-11-33(35,36)34(37,38)39/h6-7,16,21,23-24,27-30H,3-5,8-15,17-20H2,1-2H3/t21-,23?,24?,27-,28+,29+,30-,32+,46?/m1/s1. The van der Waals surface area contributed by atoms with E-state index in [4.69, 9.17) is 14.2 Å². The van der Waals surface area contributed by atoms with Crippen molar-refractivity contribution in [2.45, 2.75) is 88.8 Å². The van der Waals surface area contributed by atoms with Gasteiger partial charge in [0.25, 0.3) is 0 Å². The molecule has 1 aromatic carbocycles. The molecule has 2 aliphatic heterocycles. The van der Waals surface area contributed by atoms with Crippen molar-refractivity contribution in [2.24, 2.45) is 35.0 Å². The highest BCUT2D eigenvalue weighted by Gasteiger charge is 2.58. The van der Waals surface area contributed by atoms with Crippen LogP contribution in [0, 0.1) is 35.0 Å². The average Bonchev–Trinajstić information content (AvgIpc) is 3.69. The fourth-order valence-electron chi connectivity index (χ4n) is 9.66. The van der Waals surface area contributed by atoms with E-state index in [0.717, 1.165) is 38.5 Å². The fraction of sp³-hybridized carbons (Fsp3) is 0.794. The van der Waals surface area contributed by atoms with Gasteiger partial charge in [0, 0.05) is 60.8 Å². The highest BCUT2D eigenvalue weighted by atomic mass is 32.2. The van der Waals surface area contributed by atoms with E-state index in [0.29, 0.717) is 68.1 Å². The SMILES string of the molecule is CO[C@H]1CC[C@H]2[C@@H]3[C@H](CCCS(=O)CCCC(F)(F)C(F)(F)F)Cc4cc(OC(=O)N5CC6COCC6C5)ccc4[C@H]3CC[C@]12C. The molecule has 6 nitrogen and oxygen atoms in total. The Morgan fingerprint density at radius 1 is 1.07 bits per heavy atom. The molecule has 12 heteroatoms. The maximum absolute atomic E-state index is 13.3. The molecule has 0 aromatic heterocycles. The van der Waals surface area contributed by atoms with Gasteiger partial charge in [-0.1, -0.05) is 13.0 Å². The van der Waals surface area contributed by atoms with Crippen LogP contribution in [0.4, 0.5) is 26.7 Å². The molecule has 0 N–H and O–H groups in total. The molecule has 5 aliphatic rings. The fourth-order valence-corrected chi connectivity index (χ4v) is 10.8. The summed E-state index contributed by atoms with van der Waals surface area (Å²) in [5.74, 6) is -1.86. The summed E-state index contributed by atoms with van der Waals surface area (Å²) in [5, 5.41) is 0. The van der Waals surface area contributed by atoms with E-state index >= 15 is 0 Å². The summed E-state index contributed by atoms with van der Waals surface area (Å²) in [4.78, 5) is 14.8. The number of alkyl halides is 5. The molecule has 1 amide bonds. The van der Waals surface area contributed by atoms with Gasteiger partial charge in [-0.2, -0.15) is 22.0 Å². The largest absolute Gasteiger partial charge is 0.453 e. The number of ether oxygens (including phenoxy) is 3. The third-order valence-electron chi connectivity index (χ3n) is 12.0. The van der Waals surface area contributed by atoms with Gasteiger partial charge in [-0.15, -0.1) is 0 Å². The molecule has 0 radical (unpaired) electrons. The first-order valence-corrected chi connectivity index (χ1v) is 18.3. The van der Waals surface area contributed by atoms with Gasteiger partial charge in [0.05, 0.1) is 19.3 Å². The number of likely N-dealkylation sites (tertiary alicyclic amines) is 1. The zero-order valence-electron chi connectivity index (χ0n) is 26.7. The second-order valence-corrected chi connectivity index (χ2v) is 16.3. The van der Waals surface area contributed by atoms with E-state index in [1.807, 2.05) is 12.1 Å². The Bertz CT molecular complexity index is 1280. The summed E-state index contributed by atoms with van der Waals surface area (Å²) in [6.07, 6.45) is -1.10. The Morgan fingerprint density at radius 3 is 2.48 bits per heavy atom. The number of fused-ring (bicyclic) bond motifs is 6. The van der Waals surface area contributed by atoms with Crippen molar-refractivity contribution in [1.29, 1.82) is 0 Å². The van der Waals surface area contributed by atoms with Crippen LogP contribution in [0.15, 0.2) is 18.2 Å². The molecular weight excluding hydrogens is 629 g/mol. The predicted molar refractivity (Wildman–Crippen MR) is 163 cm³/mol. The molecule has 0 bridgehead atoms. The van der Waals surface area contributed by atoms with Gasteiger partial charge in [0.1, 0.15) is 5.75 Å². The first-order valence-electron chi connectivity index (χ1n) is 16.8. The molecule has 6 rings (SSSR count). The minimum absolute atomic E-state index is 0.0761. The number of benzene rings is 1. The molecule has 2 saturated carbocycles. The zero-order valence-corrected chi connectivity index (χ0v) is 27.5. The Morgan fingerprint density at radius 2 is 1.78 bits per heavy atom. The van der Waals surface area contributed by atoms with Gasteiger partial charge in [0.15, 0.2) is 0 Å². The number of rotatable bonds is 10. The number of nitrogens with zero attached hydrogens (tertiary/aromatic N) is 1. The zero-order chi connectivity index (χ0) is 32.9. The summed E-state index contributed by atoms with van der Waals surface area (Å²) in [5.41, 5.74) is 2.56. The minimum atomic E-state index is -5.58. The predicted octanol–water partition coefficient (Wildman–Crippen LogP) is 7.37. The van der Waals surface area contributed by atoms with Crippen LogP contribution in [0.1, 0.15) is 75.3 Å². The van der Waals surface area contributed by atoms with Crippen molar-refractivity contribution in [3.8, 4) is 5.75 Å². The van der Waals surface area contributed by atoms with Crippen LogP contribution in [-0.2, 0) is 26.7 Å². The number of carbonyl (C=O) groups is 1. The number of methoxy groups -OCH3 is 1. The minimum Gasteiger partial charge on any atom is -0.410 e. The van der Waals surface area contributed by atoms with Crippen LogP contribution in [0.3, 0.4) is 0 Å². The molecule has 2 saturated heterocycles. The van der Waals surface area contributed by atoms with Crippen LogP contribution in [-0.4, -0.2) is 78.3 Å². The van der Waals surface area contributed by atoms with E-state index < -0.39 is 35.7 Å². The van der Waals surface area contributed by atoms with Gasteiger partial charge >= 0.3 is 18.2 Å². The first kappa shape index (κ1) is 34.1. The van der Waals surface area contributed by atoms with E-state index in [1.54, 1.807) is 12.0 Å². The number of halogens is 5. The molecule has 46 heavy (non-hydrogen) atoms. The third-order valence-corrected chi connectivity index (χ3v) is 13.5. The Hall–Kier alpha value is -1.79. The average molecular weight is 676 g/mol. The van der Waals surface area contributed by atoms with Crippen molar-refractivity contribution >= 4 is 16.9 Å². The van der Waals surface area contributed by atoms with Crippen molar-refractivity contribution in [3.05, 3.63) is 29.3 Å². The van der Waals surface area contributed by atoms with Crippen molar-refractivity contribution in [1.82, 2.24) is 4.90 Å². The second kappa shape index (κ2) is 13.3. The highest BCUT2D eigenvalue weighted by Crippen LogP contribution is 2.63. The smallest absolute Gasteiger partial charge is 0.410 e. The molecule has 9 atom stereocenters. The monoisotopic (exact) mass is 675 g/mol. The molecule has 0 spiro atoms. The van der Waals surface area contributed by atoms with Gasteiger partial charge in [-0.3, -0.25) is 4.21 Å². The van der Waals surface area contributed by atoms with Crippen LogP contribution >= 0.6 is 0 Å². The molecule has 4 fully saturated rings. The molecule has 2 heterocycles. The van der Waals surface area contributed by atoms with Crippen LogP contribution < -0.4 is 4.74 Å². The topological polar surface area (TPSA) is 65.1 Å². The van der Waals surface area contributed by atoms with Crippen molar-refractivity contribution in [2.75, 3.05) is 44.9 Å². The van der Waals surface area contributed by atoms with Crippen molar-refractivity contribution in [3.63, 3.8) is 0 Å². The number of hydrogen-bond acceptors (Lipinski definition) is 5. The van der Waals surface area contributed by atoms with E-state index in [9.17, 15) is 31.0 Å². The van der Waals surface area contributed by atoms with Gasteiger partial charge in [-0.25, -0.2) is 4.79 Å². The highest BCUT2D eigenvalue weighted by molar-refractivity contribution is 7.84. The second-order valence-electron chi connectivity index (χ2n) is 14.6. The lowest BCUT2D eigenvalue weighted by molar-refractivity contribution is -0.284. The third kappa shape index (κ3) is 6.60. The number of hydrogen-bond donors (Lipinski definition) is 0. The lowest BCUT2D eigenvalue weighted by Gasteiger charge is -2.53. The Labute approximate surface area is 270 Å². The quantitative estimate of drug-likeness (QED) is 0.243. The molecule has 3 aliphatic carbocycles. The maximum Gasteiger partial charge on any atom is 0.453 e. The van der Waals surface area contributed by atoms with Crippen LogP contribution in [0.2, 0.25) is 0 Å². The molecular formula is C34H46F5NO5S. The van der Waals surface area contributed by atoms with E-state index in [2.05, 4.69) is 13.0 Å². The number of carbonyl (C=O) groups excluding carboxylic acids is 1. The summed E-state index contributed by atoms with van der Waals surface area (Å²) in [6.45, 7) is 5.02. The summed E-state index contributed by atoms with van der Waals surface area (Å²) >= 11 is 0. The summed E-state index contributed by atoms with van der Waals surface area (Å²) in [6, 6.07) is 6.06. The van der Waals surface area contributed by atoms with Gasteiger partial charge in [0.2, 0.25) is 0 Å². The van der Waals surface area contributed by atoms with Crippen molar-refractivity contribution < 1.29 is 45.2 Å². The molecule has 3 unspecified atom stereocenters. The lowest BCUT2D eigenvalue weighted by Crippen LogP contribution is -2.47. The van der Waals surface area contributed by atoms with E-state index in [-0.39, 0.29) is 35.0 Å². The van der Waals surface area contributed by atoms with Crippen LogP contribution in [0.5, 0.6) is 5.75 Å².